The van der Waals surface area contributed by atoms with Crippen LogP contribution in [0.3, 0.4) is 0 Å². The summed E-state index contributed by atoms with van der Waals surface area (Å²) in [6.07, 6.45) is 0. The van der Waals surface area contributed by atoms with Gasteiger partial charge in [-0.25, -0.2) is 0 Å². The maximum absolute atomic E-state index is 6.39. The van der Waals surface area contributed by atoms with E-state index in [1.807, 2.05) is 17.8 Å². The topological polar surface area (TPSA) is 9.23 Å². The molecular weight excluding hydrogens is 381 g/mol. The maximum Gasteiger partial charge on any atom is 0.119 e. The van der Waals surface area contributed by atoms with Crippen LogP contribution in [0, 0.1) is 5.62 Å². The molecule has 0 aliphatic heterocycles. The summed E-state index contributed by atoms with van der Waals surface area (Å²) in [7, 11) is 0.0505. The Morgan fingerprint density at radius 1 is 0.950 bits per heavy atom. The fourth-order valence-corrected chi connectivity index (χ4v) is 9.92. The zero-order chi connectivity index (χ0) is 14.9. The van der Waals surface area contributed by atoms with E-state index in [0.717, 1.165) is 5.75 Å². The molecule has 0 unspecified atom stereocenters. The van der Waals surface area contributed by atoms with Crippen LogP contribution in [-0.4, -0.2) is 17.4 Å². The normalized spacial score (nSPS) is 12.8. The van der Waals surface area contributed by atoms with Gasteiger partial charge in [0.1, 0.15) is 5.75 Å². The van der Waals surface area contributed by atoms with Crippen LogP contribution in [0.15, 0.2) is 24.3 Å². The van der Waals surface area contributed by atoms with Gasteiger partial charge in [-0.2, -0.15) is 0 Å². The predicted molar refractivity (Wildman–Crippen MR) is 89.2 cm³/mol. The fourth-order valence-electron chi connectivity index (χ4n) is 2.95. The second-order valence-electron chi connectivity index (χ2n) is 6.86. The number of hydrogen-bond acceptors (Lipinski definition) is 1. The van der Waals surface area contributed by atoms with E-state index in [1.54, 1.807) is 7.11 Å². The summed E-state index contributed by atoms with van der Waals surface area (Å²) in [5.41, 5.74) is 1.95. The Balaban J connectivity index is 0.00000361. The van der Waals surface area contributed by atoms with Gasteiger partial charge in [-0.3, -0.25) is 0 Å². The number of ether oxygens (including phenoxy) is 1. The zero-order valence-electron chi connectivity index (χ0n) is 13.4. The Bertz CT molecular complexity index is 404. The van der Waals surface area contributed by atoms with Crippen LogP contribution in [0.1, 0.15) is 41.5 Å². The van der Waals surface area contributed by atoms with Gasteiger partial charge in [-0.1, -0.05) is 12.9 Å². The molecule has 0 heterocycles. The molecule has 4 heteroatoms. The van der Waals surface area contributed by atoms with E-state index < -0.39 is 7.26 Å². The molecule has 0 bridgehead atoms. The summed E-state index contributed by atoms with van der Waals surface area (Å²) >= 11 is 6.39. The third-order valence-corrected chi connectivity index (χ3v) is 10.3. The molecule has 118 valence electrons. The van der Waals surface area contributed by atoms with Crippen LogP contribution in [0.5, 0.6) is 5.75 Å². The standard InChI is InChI=1S/C16H26ClOP.Pd/c1-15(2,3)19(12-17,16(4,5)6)14-10-8-13(18-7)9-11-14;/h8-12H,1-7H3;. The van der Waals surface area contributed by atoms with Crippen molar-refractivity contribution < 1.29 is 25.2 Å². The Morgan fingerprint density at radius 2 is 1.35 bits per heavy atom. The molecule has 0 fully saturated rings. The van der Waals surface area contributed by atoms with E-state index >= 15 is 0 Å². The number of rotatable bonds is 3. The van der Waals surface area contributed by atoms with Crippen molar-refractivity contribution in [3.63, 3.8) is 0 Å². The molecule has 0 atom stereocenters. The zero-order valence-corrected chi connectivity index (χ0v) is 16.6. The Labute approximate surface area is 143 Å². The molecule has 1 nitrogen and oxygen atoms in total. The summed E-state index contributed by atoms with van der Waals surface area (Å²) in [4.78, 5) is 0. The van der Waals surface area contributed by atoms with E-state index in [9.17, 15) is 0 Å². The van der Waals surface area contributed by atoms with Crippen LogP contribution >= 0.6 is 18.9 Å². The van der Waals surface area contributed by atoms with E-state index in [1.165, 1.54) is 5.30 Å². The first kappa shape index (κ1) is 20.4. The van der Waals surface area contributed by atoms with Crippen molar-refractivity contribution in [3.8, 4) is 5.75 Å². The summed E-state index contributed by atoms with van der Waals surface area (Å²) < 4.78 is 5.26. The number of hydrogen-bond donors (Lipinski definition) is 0. The van der Waals surface area contributed by atoms with Crippen LogP contribution in [0.25, 0.3) is 0 Å². The minimum absolute atomic E-state index is 0. The molecule has 0 aliphatic rings. The summed E-state index contributed by atoms with van der Waals surface area (Å²) in [5.74, 6) is 0.888. The molecule has 0 saturated heterocycles. The molecule has 0 radical (unpaired) electrons. The third-order valence-electron chi connectivity index (χ3n) is 3.74. The number of methoxy groups -OCH3 is 1. The number of halogens is 1. The van der Waals surface area contributed by atoms with E-state index in [0.29, 0.717) is 0 Å². The molecule has 1 aromatic rings. The predicted octanol–water partition coefficient (Wildman–Crippen LogP) is 5.29. The average Bonchev–Trinajstić information content (AvgIpc) is 2.27. The smallest absolute Gasteiger partial charge is 0.119 e. The van der Waals surface area contributed by atoms with Gasteiger partial charge in [-0.15, -0.1) is 0 Å². The summed E-state index contributed by atoms with van der Waals surface area (Å²) in [6, 6.07) is 8.40. The molecular formula is C16H26ClOPPd. The first-order valence-electron chi connectivity index (χ1n) is 6.58. The van der Waals surface area contributed by atoms with Crippen LogP contribution in [0.4, 0.5) is 0 Å². The Kier molecular flexibility index (Phi) is 7.25. The van der Waals surface area contributed by atoms with Crippen molar-refractivity contribution in [2.24, 2.45) is 0 Å². The molecule has 0 amide bonds. The minimum Gasteiger partial charge on any atom is -0.497 e. The van der Waals surface area contributed by atoms with Crippen LogP contribution < -0.4 is 10.0 Å². The van der Waals surface area contributed by atoms with Gasteiger partial charge in [0.15, 0.2) is 0 Å². The largest absolute Gasteiger partial charge is 0.497 e. The van der Waals surface area contributed by atoms with E-state index in [4.69, 9.17) is 16.3 Å². The van der Waals surface area contributed by atoms with Crippen molar-refractivity contribution in [3.05, 3.63) is 29.9 Å². The Hall–Kier alpha value is 0.402. The second kappa shape index (κ2) is 7.11. The Morgan fingerprint density at radius 3 is 1.60 bits per heavy atom. The fraction of sp³-hybridized carbons (Fsp3) is 0.562. The van der Waals surface area contributed by atoms with Gasteiger partial charge < -0.3 is 16.3 Å². The molecule has 0 aliphatic carbocycles. The molecule has 20 heavy (non-hydrogen) atoms. The SMILES string of the molecule is COc1ccc([P+]([CH-]Cl)(C(C)(C)C)C(C)(C)C)cc1.[Pd]. The second-order valence-corrected chi connectivity index (χ2v) is 12.3. The van der Waals surface area contributed by atoms with Crippen LogP contribution in [-0.2, 0) is 20.4 Å². The van der Waals surface area contributed by atoms with Crippen molar-refractivity contribution in [2.75, 3.05) is 7.11 Å². The quantitative estimate of drug-likeness (QED) is 0.376. The van der Waals surface area contributed by atoms with Crippen LogP contribution in [0.2, 0.25) is 0 Å². The molecule has 0 aromatic heterocycles. The average molecular weight is 407 g/mol. The van der Waals surface area contributed by atoms with E-state index in [-0.39, 0.29) is 30.7 Å². The summed E-state index contributed by atoms with van der Waals surface area (Å²) in [5, 5.41) is 1.59. The maximum atomic E-state index is 6.39. The van der Waals surface area contributed by atoms with Crippen molar-refractivity contribution in [1.82, 2.24) is 0 Å². The van der Waals surface area contributed by atoms with Gasteiger partial charge >= 0.3 is 0 Å². The first-order valence-corrected chi connectivity index (χ1v) is 8.88. The van der Waals surface area contributed by atoms with Gasteiger partial charge in [0.2, 0.25) is 0 Å². The molecule has 0 saturated carbocycles. The third kappa shape index (κ3) is 3.59. The minimum atomic E-state index is -1.64. The van der Waals surface area contributed by atoms with Gasteiger partial charge in [0.05, 0.1) is 22.7 Å². The van der Waals surface area contributed by atoms with E-state index in [2.05, 4.69) is 53.7 Å². The molecule has 0 N–H and O–H groups in total. The molecule has 1 rings (SSSR count). The monoisotopic (exact) mass is 406 g/mol. The van der Waals surface area contributed by atoms with Gasteiger partial charge in [0.25, 0.3) is 0 Å². The molecule has 1 aromatic carbocycles. The van der Waals surface area contributed by atoms with Gasteiger partial charge in [0, 0.05) is 20.4 Å². The van der Waals surface area contributed by atoms with Crippen molar-refractivity contribution in [2.45, 2.75) is 51.9 Å². The number of benzene rings is 1. The van der Waals surface area contributed by atoms with Crippen molar-refractivity contribution in [1.29, 1.82) is 0 Å². The summed E-state index contributed by atoms with van der Waals surface area (Å²) in [6.45, 7) is 13.7. The van der Waals surface area contributed by atoms with Crippen molar-refractivity contribution >= 4 is 24.2 Å². The molecule has 0 spiro atoms. The first-order chi connectivity index (χ1) is 8.60. The van der Waals surface area contributed by atoms with Gasteiger partial charge in [-0.05, 0) is 65.8 Å².